The van der Waals surface area contributed by atoms with Crippen LogP contribution in [0.3, 0.4) is 0 Å². The molecule has 0 spiro atoms. The zero-order valence-electron chi connectivity index (χ0n) is 12.1. The number of nitrogens with zero attached hydrogens (tertiary/aromatic N) is 1. The lowest BCUT2D eigenvalue weighted by molar-refractivity contribution is 0.229. The smallest absolute Gasteiger partial charge is 0.218 e. The van der Waals surface area contributed by atoms with E-state index >= 15 is 0 Å². The Morgan fingerprint density at radius 1 is 1.24 bits per heavy atom. The first-order chi connectivity index (χ1) is 10.1. The first-order valence-electron chi connectivity index (χ1n) is 6.85. The summed E-state index contributed by atoms with van der Waals surface area (Å²) in [5, 5.41) is 13.6. The Morgan fingerprint density at radius 2 is 2.05 bits per heavy atom. The van der Waals surface area contributed by atoms with Gasteiger partial charge in [-0.1, -0.05) is 23.7 Å². The van der Waals surface area contributed by atoms with Gasteiger partial charge in [0, 0.05) is 35.4 Å². The van der Waals surface area contributed by atoms with Crippen molar-refractivity contribution in [3.63, 3.8) is 0 Å². The number of aromatic hydroxyl groups is 1. The largest absolute Gasteiger partial charge is 0.508 e. The van der Waals surface area contributed by atoms with Gasteiger partial charge in [-0.2, -0.15) is 0 Å². The van der Waals surface area contributed by atoms with Crippen molar-refractivity contribution in [3.8, 4) is 11.6 Å². The molecule has 0 aliphatic rings. The molecule has 2 N–H and O–H groups in total. The van der Waals surface area contributed by atoms with Gasteiger partial charge < -0.3 is 15.2 Å². The fourth-order valence-corrected chi connectivity index (χ4v) is 2.17. The minimum absolute atomic E-state index is 0.0752. The normalized spacial score (nSPS) is 10.9. The van der Waals surface area contributed by atoms with Crippen molar-refractivity contribution in [2.45, 2.75) is 33.0 Å². The van der Waals surface area contributed by atoms with Crippen LogP contribution in [0.5, 0.6) is 11.6 Å². The molecule has 0 saturated heterocycles. The summed E-state index contributed by atoms with van der Waals surface area (Å²) in [4.78, 5) is 4.24. The van der Waals surface area contributed by atoms with Crippen LogP contribution in [0.15, 0.2) is 36.5 Å². The van der Waals surface area contributed by atoms with E-state index in [4.69, 9.17) is 16.3 Å². The van der Waals surface area contributed by atoms with Crippen LogP contribution >= 0.6 is 11.6 Å². The lowest BCUT2D eigenvalue weighted by Crippen LogP contribution is -2.16. The maximum atomic E-state index is 9.80. The number of nitrogens with one attached hydrogen (secondary N) is 1. The highest BCUT2D eigenvalue weighted by molar-refractivity contribution is 6.31. The SMILES string of the molecule is CC(C)Oc1ncccc1CNCc1c(O)cccc1Cl. The van der Waals surface area contributed by atoms with Gasteiger partial charge in [-0.05, 0) is 32.0 Å². The number of phenols is 1. The van der Waals surface area contributed by atoms with Gasteiger partial charge in [0.25, 0.3) is 0 Å². The fourth-order valence-electron chi connectivity index (χ4n) is 1.93. The summed E-state index contributed by atoms with van der Waals surface area (Å²) in [6.07, 6.45) is 1.78. The summed E-state index contributed by atoms with van der Waals surface area (Å²) in [6, 6.07) is 8.94. The van der Waals surface area contributed by atoms with Crippen molar-refractivity contribution in [3.05, 3.63) is 52.7 Å². The number of hydrogen-bond acceptors (Lipinski definition) is 4. The van der Waals surface area contributed by atoms with E-state index in [0.717, 1.165) is 5.56 Å². The number of phenolic OH excluding ortho intramolecular Hbond substituents is 1. The number of halogens is 1. The van der Waals surface area contributed by atoms with Crippen LogP contribution in [0.25, 0.3) is 0 Å². The van der Waals surface area contributed by atoms with E-state index in [1.807, 2.05) is 26.0 Å². The lowest BCUT2D eigenvalue weighted by Gasteiger charge is -2.14. The van der Waals surface area contributed by atoms with E-state index in [2.05, 4.69) is 10.3 Å². The van der Waals surface area contributed by atoms with Crippen molar-refractivity contribution in [2.75, 3.05) is 0 Å². The van der Waals surface area contributed by atoms with Gasteiger partial charge in [0.1, 0.15) is 5.75 Å². The van der Waals surface area contributed by atoms with E-state index in [-0.39, 0.29) is 11.9 Å². The molecule has 4 nitrogen and oxygen atoms in total. The van der Waals surface area contributed by atoms with Gasteiger partial charge in [-0.3, -0.25) is 0 Å². The molecule has 0 saturated carbocycles. The second-order valence-electron chi connectivity index (χ2n) is 4.98. The third-order valence-corrected chi connectivity index (χ3v) is 3.26. The Balaban J connectivity index is 2.01. The molecule has 21 heavy (non-hydrogen) atoms. The quantitative estimate of drug-likeness (QED) is 0.857. The van der Waals surface area contributed by atoms with Crippen molar-refractivity contribution < 1.29 is 9.84 Å². The minimum atomic E-state index is 0.0752. The molecule has 1 aromatic heterocycles. The molecule has 1 heterocycles. The summed E-state index contributed by atoms with van der Waals surface area (Å²) in [5.41, 5.74) is 1.66. The second kappa shape index (κ2) is 7.29. The number of rotatable bonds is 6. The first-order valence-corrected chi connectivity index (χ1v) is 7.23. The Kier molecular flexibility index (Phi) is 5.42. The van der Waals surface area contributed by atoms with Crippen LogP contribution in [-0.2, 0) is 13.1 Å². The number of ether oxygens (including phenoxy) is 1. The summed E-state index contributed by atoms with van der Waals surface area (Å²) < 4.78 is 5.67. The average Bonchev–Trinajstić information content (AvgIpc) is 2.43. The van der Waals surface area contributed by atoms with Crippen molar-refractivity contribution in [1.82, 2.24) is 10.3 Å². The fraction of sp³-hybridized carbons (Fsp3) is 0.312. The summed E-state index contributed by atoms with van der Waals surface area (Å²) in [6.45, 7) is 4.99. The summed E-state index contributed by atoms with van der Waals surface area (Å²) in [5.74, 6) is 0.822. The van der Waals surface area contributed by atoms with E-state index in [0.29, 0.717) is 29.6 Å². The van der Waals surface area contributed by atoms with Gasteiger partial charge >= 0.3 is 0 Å². The molecule has 0 radical (unpaired) electrons. The van der Waals surface area contributed by atoms with Crippen LogP contribution in [0, 0.1) is 0 Å². The van der Waals surface area contributed by atoms with Gasteiger partial charge in [0.05, 0.1) is 6.10 Å². The third kappa shape index (κ3) is 4.34. The van der Waals surface area contributed by atoms with Crippen LogP contribution in [0.4, 0.5) is 0 Å². The molecule has 0 aliphatic carbocycles. The predicted molar refractivity (Wildman–Crippen MR) is 83.7 cm³/mol. The molecule has 0 aliphatic heterocycles. The monoisotopic (exact) mass is 306 g/mol. The third-order valence-electron chi connectivity index (χ3n) is 2.91. The van der Waals surface area contributed by atoms with Crippen LogP contribution < -0.4 is 10.1 Å². The maximum Gasteiger partial charge on any atom is 0.218 e. The number of aromatic nitrogens is 1. The summed E-state index contributed by atoms with van der Waals surface area (Å²) >= 11 is 6.07. The zero-order chi connectivity index (χ0) is 15.2. The van der Waals surface area contributed by atoms with Crippen molar-refractivity contribution in [1.29, 1.82) is 0 Å². The molecule has 0 amide bonds. The van der Waals surface area contributed by atoms with E-state index in [9.17, 15) is 5.11 Å². The maximum absolute atomic E-state index is 9.80. The van der Waals surface area contributed by atoms with E-state index in [1.165, 1.54) is 0 Å². The molecule has 0 fully saturated rings. The Hall–Kier alpha value is -1.78. The Labute approximate surface area is 129 Å². The van der Waals surface area contributed by atoms with Gasteiger partial charge in [-0.15, -0.1) is 0 Å². The number of hydrogen-bond donors (Lipinski definition) is 2. The molecular weight excluding hydrogens is 288 g/mol. The average molecular weight is 307 g/mol. The highest BCUT2D eigenvalue weighted by atomic mass is 35.5. The van der Waals surface area contributed by atoms with Crippen molar-refractivity contribution in [2.24, 2.45) is 0 Å². The van der Waals surface area contributed by atoms with Gasteiger partial charge in [0.15, 0.2) is 0 Å². The number of pyridine rings is 1. The van der Waals surface area contributed by atoms with Gasteiger partial charge in [-0.25, -0.2) is 4.98 Å². The number of benzene rings is 1. The summed E-state index contributed by atoms with van der Waals surface area (Å²) in [7, 11) is 0. The highest BCUT2D eigenvalue weighted by Gasteiger charge is 2.08. The van der Waals surface area contributed by atoms with E-state index < -0.39 is 0 Å². The van der Waals surface area contributed by atoms with Crippen LogP contribution in [0.2, 0.25) is 5.02 Å². The second-order valence-corrected chi connectivity index (χ2v) is 5.38. The Bertz CT molecular complexity index is 582. The molecule has 112 valence electrons. The standard InChI is InChI=1S/C16H19ClN2O2/c1-11(2)21-16-12(5-4-8-19-16)9-18-10-13-14(17)6-3-7-15(13)20/h3-8,11,18,20H,9-10H2,1-2H3. The first kappa shape index (κ1) is 15.6. The minimum Gasteiger partial charge on any atom is -0.508 e. The Morgan fingerprint density at radius 3 is 2.76 bits per heavy atom. The van der Waals surface area contributed by atoms with Crippen LogP contribution in [-0.4, -0.2) is 16.2 Å². The molecule has 2 aromatic rings. The van der Waals surface area contributed by atoms with Crippen molar-refractivity contribution >= 4 is 11.6 Å². The zero-order valence-corrected chi connectivity index (χ0v) is 12.9. The molecule has 5 heteroatoms. The predicted octanol–water partition coefficient (Wildman–Crippen LogP) is 3.52. The molecule has 2 rings (SSSR count). The lowest BCUT2D eigenvalue weighted by atomic mass is 10.2. The molecular formula is C16H19ClN2O2. The van der Waals surface area contributed by atoms with E-state index in [1.54, 1.807) is 24.4 Å². The highest BCUT2D eigenvalue weighted by Crippen LogP contribution is 2.25. The molecule has 0 unspecified atom stereocenters. The molecule has 1 aromatic carbocycles. The topological polar surface area (TPSA) is 54.4 Å². The molecule has 0 atom stereocenters. The van der Waals surface area contributed by atoms with Crippen LogP contribution in [0.1, 0.15) is 25.0 Å². The van der Waals surface area contributed by atoms with Gasteiger partial charge in [0.2, 0.25) is 5.88 Å². The molecule has 0 bridgehead atoms.